The van der Waals surface area contributed by atoms with Crippen LogP contribution >= 0.6 is 0 Å². The van der Waals surface area contributed by atoms with Gasteiger partial charge in [0.1, 0.15) is 54.6 Å². The smallest absolute Gasteiger partial charge is 0.187 e. The molecule has 2 aliphatic heterocycles. The van der Waals surface area contributed by atoms with Crippen LogP contribution in [0.3, 0.4) is 0 Å². The van der Waals surface area contributed by atoms with Crippen molar-refractivity contribution in [2.75, 3.05) is 20.3 Å². The molecular formula is C68H70O12S. The molecule has 2 aliphatic rings. The van der Waals surface area contributed by atoms with Gasteiger partial charge in [-0.1, -0.05) is 212 Å². The molecule has 0 bridgehead atoms. The molecule has 0 aliphatic carbocycles. The molecule has 0 radical (unpaired) electrons. The maximum absolute atomic E-state index is 15.6. The first-order valence-corrected chi connectivity index (χ1v) is 28.8. The third kappa shape index (κ3) is 16.5. The van der Waals surface area contributed by atoms with Crippen LogP contribution in [0.25, 0.3) is 0 Å². The van der Waals surface area contributed by atoms with Crippen molar-refractivity contribution in [3.63, 3.8) is 0 Å². The zero-order chi connectivity index (χ0) is 55.3. The third-order valence-corrected chi connectivity index (χ3v) is 15.7. The van der Waals surface area contributed by atoms with Crippen LogP contribution in [0.15, 0.2) is 241 Å². The lowest BCUT2D eigenvalue weighted by atomic mass is 9.96. The fourth-order valence-corrected chi connectivity index (χ4v) is 11.4. The first kappa shape index (κ1) is 57.5. The Morgan fingerprint density at radius 3 is 1.06 bits per heavy atom. The van der Waals surface area contributed by atoms with Crippen molar-refractivity contribution in [1.82, 2.24) is 0 Å². The van der Waals surface area contributed by atoms with Crippen molar-refractivity contribution < 1.29 is 56.3 Å². The van der Waals surface area contributed by atoms with E-state index in [4.69, 9.17) is 52.1 Å². The Morgan fingerprint density at radius 1 is 0.346 bits per heavy atom. The molecular weight excluding hydrogens is 1040 g/mol. The van der Waals surface area contributed by atoms with Gasteiger partial charge >= 0.3 is 0 Å². The Labute approximate surface area is 478 Å². The van der Waals surface area contributed by atoms with E-state index in [0.717, 1.165) is 38.9 Å². The van der Waals surface area contributed by atoms with Gasteiger partial charge in [-0.2, -0.15) is 0 Å². The highest BCUT2D eigenvalue weighted by Gasteiger charge is 2.55. The minimum atomic E-state index is -1.87. The van der Waals surface area contributed by atoms with E-state index in [-0.39, 0.29) is 46.2 Å². The second-order valence-corrected chi connectivity index (χ2v) is 21.5. The van der Waals surface area contributed by atoms with E-state index in [0.29, 0.717) is 23.9 Å². The molecule has 0 spiro atoms. The number of benzene rings is 8. The zero-order valence-electron chi connectivity index (χ0n) is 45.5. The Bertz CT molecular complexity index is 3040. The molecule has 81 heavy (non-hydrogen) atoms. The van der Waals surface area contributed by atoms with Gasteiger partial charge in [0.05, 0.1) is 77.4 Å². The summed E-state index contributed by atoms with van der Waals surface area (Å²) in [6.07, 6.45) is -8.33. The van der Waals surface area contributed by atoms with Crippen molar-refractivity contribution in [2.45, 2.75) is 112 Å². The molecule has 13 heteroatoms. The zero-order valence-corrected chi connectivity index (χ0v) is 46.3. The summed E-state index contributed by atoms with van der Waals surface area (Å²) in [5.41, 5.74) is 5.46. The Balaban J connectivity index is 1.08. The first-order valence-electron chi connectivity index (χ1n) is 27.6. The van der Waals surface area contributed by atoms with Gasteiger partial charge in [-0.3, -0.25) is 4.21 Å². The van der Waals surface area contributed by atoms with E-state index in [2.05, 4.69) is 0 Å². The second-order valence-electron chi connectivity index (χ2n) is 20.0. The lowest BCUT2D eigenvalue weighted by molar-refractivity contribution is -0.357. The van der Waals surface area contributed by atoms with Gasteiger partial charge in [-0.25, -0.2) is 0 Å². The molecule has 12 nitrogen and oxygen atoms in total. The minimum Gasteiger partial charge on any atom is -0.497 e. The highest BCUT2D eigenvalue weighted by Crippen LogP contribution is 2.38. The molecule has 8 aromatic rings. The van der Waals surface area contributed by atoms with Crippen LogP contribution in [0.1, 0.15) is 38.9 Å². The summed E-state index contributed by atoms with van der Waals surface area (Å²) >= 11 is 0. The van der Waals surface area contributed by atoms with Gasteiger partial charge in [0.2, 0.25) is 0 Å². The Hall–Kier alpha value is -6.69. The van der Waals surface area contributed by atoms with Crippen LogP contribution in [0.2, 0.25) is 0 Å². The van der Waals surface area contributed by atoms with Crippen molar-refractivity contribution in [3.05, 3.63) is 276 Å². The molecule has 0 N–H and O–H groups in total. The van der Waals surface area contributed by atoms with E-state index in [9.17, 15) is 0 Å². The Kier molecular flexibility index (Phi) is 21.6. The van der Waals surface area contributed by atoms with Crippen LogP contribution in [0.5, 0.6) is 5.75 Å². The fraction of sp³-hybridized carbons (Fsp3) is 0.294. The van der Waals surface area contributed by atoms with Gasteiger partial charge in [-0.15, -0.1) is 0 Å². The predicted octanol–water partition coefficient (Wildman–Crippen LogP) is 12.0. The highest BCUT2D eigenvalue weighted by atomic mass is 32.2. The molecule has 0 amide bonds. The molecule has 8 aromatic carbocycles. The molecule has 11 atom stereocenters. The van der Waals surface area contributed by atoms with Crippen LogP contribution in [0.4, 0.5) is 0 Å². The lowest BCUT2D eigenvalue weighted by Crippen LogP contribution is -2.66. The quantitative estimate of drug-likeness (QED) is 0.0464. The maximum atomic E-state index is 15.6. The van der Waals surface area contributed by atoms with Crippen molar-refractivity contribution in [2.24, 2.45) is 0 Å². The Morgan fingerprint density at radius 2 is 0.667 bits per heavy atom. The first-order chi connectivity index (χ1) is 40.0. The normalized spacial score (nSPS) is 23.1. The van der Waals surface area contributed by atoms with E-state index in [1.54, 1.807) is 7.11 Å². The summed E-state index contributed by atoms with van der Waals surface area (Å²) in [4.78, 5) is 0.535. The van der Waals surface area contributed by atoms with Crippen LogP contribution in [-0.2, 0) is 104 Å². The summed E-state index contributed by atoms with van der Waals surface area (Å²) in [5.74, 6) is 0.710. The van der Waals surface area contributed by atoms with Gasteiger partial charge in [0.25, 0.3) is 0 Å². The summed E-state index contributed by atoms with van der Waals surface area (Å²) < 4.78 is 91.9. The molecule has 420 valence electrons. The van der Waals surface area contributed by atoms with Crippen molar-refractivity contribution in [3.8, 4) is 5.75 Å². The predicted molar refractivity (Wildman–Crippen MR) is 309 cm³/mol. The van der Waals surface area contributed by atoms with Crippen LogP contribution in [-0.4, -0.2) is 85.1 Å². The SMILES string of the molecule is COc1ccc(CO[C@@H]2[C@H](O[C@H]3[C@@H](OCc4ccccc4)[C@H](OCc4ccccc4)[C@@H](COCc4ccccc4)O[C@@H]3S(=O)c3ccccc3)O[C@H](COCc3ccccc3)[C@@H](OCc3ccccc3)[C@@H]2OCc2ccccc2)cc1. The third-order valence-electron chi connectivity index (χ3n) is 14.2. The average Bonchev–Trinajstić information content (AvgIpc) is 3.53. The van der Waals surface area contributed by atoms with Gasteiger partial charge in [0, 0.05) is 4.90 Å². The van der Waals surface area contributed by atoms with E-state index in [1.165, 1.54) is 0 Å². The summed E-state index contributed by atoms with van der Waals surface area (Å²) in [5, 5.41) is 0. The molecule has 2 fully saturated rings. The summed E-state index contributed by atoms with van der Waals surface area (Å²) in [6.45, 7) is 1.73. The topological polar surface area (TPSA) is 119 Å². The molecule has 2 heterocycles. The molecule has 10 rings (SSSR count). The van der Waals surface area contributed by atoms with Gasteiger partial charge in [0.15, 0.2) is 11.7 Å². The van der Waals surface area contributed by atoms with Crippen molar-refractivity contribution in [1.29, 1.82) is 0 Å². The largest absolute Gasteiger partial charge is 0.497 e. The fourth-order valence-electron chi connectivity index (χ4n) is 9.97. The van der Waals surface area contributed by atoms with Crippen LogP contribution < -0.4 is 4.74 Å². The van der Waals surface area contributed by atoms with E-state index >= 15 is 4.21 Å². The number of rotatable bonds is 28. The number of methoxy groups -OCH3 is 1. The highest BCUT2D eigenvalue weighted by molar-refractivity contribution is 7.85. The monoisotopic (exact) mass is 1110 g/mol. The molecule has 2 saturated heterocycles. The van der Waals surface area contributed by atoms with E-state index < -0.39 is 71.4 Å². The average molecular weight is 1110 g/mol. The molecule has 0 saturated carbocycles. The second kappa shape index (κ2) is 30.4. The van der Waals surface area contributed by atoms with Gasteiger partial charge in [-0.05, 0) is 63.2 Å². The summed E-state index contributed by atoms with van der Waals surface area (Å²) in [6, 6.07) is 76.8. The van der Waals surface area contributed by atoms with Crippen molar-refractivity contribution >= 4 is 10.8 Å². The number of ether oxygens (including phenoxy) is 11. The molecule has 1 unspecified atom stereocenters. The summed E-state index contributed by atoms with van der Waals surface area (Å²) in [7, 11) is -0.231. The number of hydrogen-bond acceptors (Lipinski definition) is 12. The van der Waals surface area contributed by atoms with Gasteiger partial charge < -0.3 is 52.1 Å². The maximum Gasteiger partial charge on any atom is 0.187 e. The standard InChI is InChI=1S/C68H70O12S/c1-70-57-39-37-56(38-40-57)47-77-65-63(75-45-54-31-17-6-18-32-54)61(73-43-52-27-13-4-14-28-52)59(48-71-41-50-23-9-2-10-24-50)78-67(65)80-66-64(76-46-55-33-19-7-20-34-55)62(74-44-53-29-15-5-16-30-53)60(49-72-42-51-25-11-3-12-26-51)79-68(66)81(69)58-35-21-8-22-36-58/h2-40,59-68H,41-49H2,1H3/t59-,60-,61-,62-,63+,64+,65+,66+,67+,68-,81?/m1/s1. The number of hydrogen-bond donors (Lipinski definition) is 0. The molecule has 0 aromatic heterocycles. The lowest BCUT2D eigenvalue weighted by Gasteiger charge is -2.50. The van der Waals surface area contributed by atoms with Crippen LogP contribution in [0, 0.1) is 0 Å². The van der Waals surface area contributed by atoms with E-state index in [1.807, 2.05) is 237 Å². The minimum absolute atomic E-state index is 0.0823.